The number of nitrogens with one attached hydrogen (secondary N) is 1. The van der Waals surface area contributed by atoms with Crippen molar-refractivity contribution in [1.82, 2.24) is 0 Å². The maximum absolute atomic E-state index is 13.5. The predicted octanol–water partition coefficient (Wildman–Crippen LogP) is 2.81. The second-order valence-electron chi connectivity index (χ2n) is 4.15. The van der Waals surface area contributed by atoms with Crippen molar-refractivity contribution in [2.45, 2.75) is 6.54 Å². The number of primary amides is 1. The van der Waals surface area contributed by atoms with Crippen molar-refractivity contribution in [1.29, 1.82) is 0 Å². The summed E-state index contributed by atoms with van der Waals surface area (Å²) in [4.78, 5) is 11.0. The van der Waals surface area contributed by atoms with Crippen LogP contribution in [0.2, 0.25) is 0 Å². The van der Waals surface area contributed by atoms with Gasteiger partial charge in [0, 0.05) is 23.7 Å². The molecule has 20 heavy (non-hydrogen) atoms. The van der Waals surface area contributed by atoms with Gasteiger partial charge in [-0.05, 0) is 24.3 Å². The van der Waals surface area contributed by atoms with E-state index in [9.17, 15) is 18.0 Å². The average Bonchev–Trinajstić information content (AvgIpc) is 2.39. The van der Waals surface area contributed by atoms with Gasteiger partial charge in [0.1, 0.15) is 17.5 Å². The maximum atomic E-state index is 13.5. The molecule has 2 aromatic rings. The van der Waals surface area contributed by atoms with Crippen molar-refractivity contribution in [2.24, 2.45) is 5.73 Å². The number of nitrogens with two attached hydrogens (primary N) is 1. The molecule has 3 N–H and O–H groups in total. The van der Waals surface area contributed by atoms with Crippen molar-refractivity contribution in [3.05, 3.63) is 65.0 Å². The minimum Gasteiger partial charge on any atom is -0.378 e. The van der Waals surface area contributed by atoms with Crippen LogP contribution >= 0.6 is 0 Å². The predicted molar refractivity (Wildman–Crippen MR) is 68.6 cm³/mol. The molecule has 6 heteroatoms. The minimum absolute atomic E-state index is 0.0185. The van der Waals surface area contributed by atoms with Crippen LogP contribution in [0, 0.1) is 17.5 Å². The molecule has 0 radical (unpaired) electrons. The fraction of sp³-hybridized carbons (Fsp3) is 0.0714. The van der Waals surface area contributed by atoms with E-state index in [4.69, 9.17) is 5.73 Å². The highest BCUT2D eigenvalue weighted by atomic mass is 19.1. The fourth-order valence-corrected chi connectivity index (χ4v) is 1.67. The van der Waals surface area contributed by atoms with Crippen LogP contribution in [0.1, 0.15) is 15.9 Å². The SMILES string of the molecule is NC(=O)c1ccc(F)c(NCc2ccc(F)cc2F)c1. The average molecular weight is 280 g/mol. The first-order valence-electron chi connectivity index (χ1n) is 5.74. The van der Waals surface area contributed by atoms with Gasteiger partial charge >= 0.3 is 0 Å². The van der Waals surface area contributed by atoms with E-state index in [1.165, 1.54) is 18.2 Å². The van der Waals surface area contributed by atoms with E-state index in [0.717, 1.165) is 18.2 Å². The number of amides is 1. The molecule has 0 aliphatic carbocycles. The summed E-state index contributed by atoms with van der Waals surface area (Å²) in [5.74, 6) is -2.71. The van der Waals surface area contributed by atoms with E-state index in [0.29, 0.717) is 0 Å². The zero-order valence-electron chi connectivity index (χ0n) is 10.3. The summed E-state index contributed by atoms with van der Waals surface area (Å²) in [6.07, 6.45) is 0. The van der Waals surface area contributed by atoms with E-state index in [1.807, 2.05) is 0 Å². The van der Waals surface area contributed by atoms with E-state index >= 15 is 0 Å². The molecule has 0 fully saturated rings. The number of benzene rings is 2. The quantitative estimate of drug-likeness (QED) is 0.904. The second-order valence-corrected chi connectivity index (χ2v) is 4.15. The normalized spacial score (nSPS) is 10.3. The summed E-state index contributed by atoms with van der Waals surface area (Å²) in [6.45, 7) is -0.0503. The first kappa shape index (κ1) is 13.9. The number of anilines is 1. The van der Waals surface area contributed by atoms with Gasteiger partial charge in [0.2, 0.25) is 5.91 Å². The Balaban J connectivity index is 2.18. The molecular formula is C14H11F3N2O. The zero-order chi connectivity index (χ0) is 14.7. The molecule has 0 bridgehead atoms. The van der Waals surface area contributed by atoms with E-state index in [1.54, 1.807) is 0 Å². The summed E-state index contributed by atoms with van der Waals surface area (Å²) < 4.78 is 39.7. The molecule has 0 spiro atoms. The number of hydrogen-bond donors (Lipinski definition) is 2. The highest BCUT2D eigenvalue weighted by Gasteiger charge is 2.08. The fourth-order valence-electron chi connectivity index (χ4n) is 1.67. The van der Waals surface area contributed by atoms with Crippen LogP contribution < -0.4 is 11.1 Å². The highest BCUT2D eigenvalue weighted by Crippen LogP contribution is 2.18. The lowest BCUT2D eigenvalue weighted by atomic mass is 10.1. The third kappa shape index (κ3) is 3.09. The number of halogens is 3. The summed E-state index contributed by atoms with van der Waals surface area (Å²) in [6, 6.07) is 6.68. The third-order valence-electron chi connectivity index (χ3n) is 2.74. The van der Waals surface area contributed by atoms with Gasteiger partial charge in [-0.3, -0.25) is 4.79 Å². The largest absolute Gasteiger partial charge is 0.378 e. The van der Waals surface area contributed by atoms with Gasteiger partial charge in [-0.2, -0.15) is 0 Å². The van der Waals surface area contributed by atoms with Crippen molar-refractivity contribution < 1.29 is 18.0 Å². The Bertz CT molecular complexity index is 659. The molecule has 0 aliphatic heterocycles. The number of carbonyl (C=O) groups excluding carboxylic acids is 1. The van der Waals surface area contributed by atoms with E-state index in [-0.39, 0.29) is 23.4 Å². The minimum atomic E-state index is -0.732. The summed E-state index contributed by atoms with van der Waals surface area (Å²) in [7, 11) is 0. The van der Waals surface area contributed by atoms with Crippen LogP contribution in [0.5, 0.6) is 0 Å². The van der Waals surface area contributed by atoms with Crippen molar-refractivity contribution in [2.75, 3.05) is 5.32 Å². The molecule has 2 rings (SSSR count). The molecule has 0 atom stereocenters. The van der Waals surface area contributed by atoms with Crippen LogP contribution in [0.3, 0.4) is 0 Å². The molecule has 0 unspecified atom stereocenters. The smallest absolute Gasteiger partial charge is 0.248 e. The third-order valence-corrected chi connectivity index (χ3v) is 2.74. The van der Waals surface area contributed by atoms with Crippen LogP contribution in [0.25, 0.3) is 0 Å². The second kappa shape index (κ2) is 5.64. The summed E-state index contributed by atoms with van der Waals surface area (Å²) >= 11 is 0. The zero-order valence-corrected chi connectivity index (χ0v) is 10.3. The first-order valence-corrected chi connectivity index (χ1v) is 5.74. The first-order chi connectivity index (χ1) is 9.47. The van der Waals surface area contributed by atoms with Gasteiger partial charge in [0.15, 0.2) is 0 Å². The highest BCUT2D eigenvalue weighted by molar-refractivity contribution is 5.93. The molecule has 0 saturated carbocycles. The van der Waals surface area contributed by atoms with E-state index < -0.39 is 23.4 Å². The van der Waals surface area contributed by atoms with Crippen LogP contribution in [-0.4, -0.2) is 5.91 Å². The molecule has 1 amide bonds. The Morgan fingerprint density at radius 2 is 1.80 bits per heavy atom. The molecule has 0 aromatic heterocycles. The summed E-state index contributed by atoms with van der Waals surface area (Å²) in [5.41, 5.74) is 5.42. The van der Waals surface area contributed by atoms with Gasteiger partial charge in [-0.15, -0.1) is 0 Å². The van der Waals surface area contributed by atoms with Gasteiger partial charge in [-0.1, -0.05) is 6.07 Å². The number of rotatable bonds is 4. The lowest BCUT2D eigenvalue weighted by Crippen LogP contribution is -2.12. The Labute approximate surface area is 113 Å². The van der Waals surface area contributed by atoms with Gasteiger partial charge in [0.05, 0.1) is 5.69 Å². The van der Waals surface area contributed by atoms with Gasteiger partial charge in [0.25, 0.3) is 0 Å². The molecule has 0 heterocycles. The van der Waals surface area contributed by atoms with Crippen molar-refractivity contribution in [3.8, 4) is 0 Å². The topological polar surface area (TPSA) is 55.1 Å². The van der Waals surface area contributed by atoms with Crippen LogP contribution in [0.15, 0.2) is 36.4 Å². The maximum Gasteiger partial charge on any atom is 0.248 e. The lowest BCUT2D eigenvalue weighted by Gasteiger charge is -2.09. The Hall–Kier alpha value is -2.50. The summed E-state index contributed by atoms with van der Waals surface area (Å²) in [5, 5.41) is 2.64. The van der Waals surface area contributed by atoms with Crippen LogP contribution in [-0.2, 0) is 6.54 Å². The number of carbonyl (C=O) groups is 1. The van der Waals surface area contributed by atoms with Crippen LogP contribution in [0.4, 0.5) is 18.9 Å². The molecule has 0 aliphatic rings. The van der Waals surface area contributed by atoms with Crippen molar-refractivity contribution >= 4 is 11.6 Å². The Morgan fingerprint density at radius 1 is 1.05 bits per heavy atom. The molecule has 2 aromatic carbocycles. The lowest BCUT2D eigenvalue weighted by molar-refractivity contribution is 0.100. The standard InChI is InChI=1S/C14H11F3N2O/c15-10-3-1-9(12(17)6-10)7-19-13-5-8(14(18)20)2-4-11(13)16/h1-6,19H,7H2,(H2,18,20). The molecule has 104 valence electrons. The number of hydrogen-bond acceptors (Lipinski definition) is 2. The molecular weight excluding hydrogens is 269 g/mol. The Kier molecular flexibility index (Phi) is 3.93. The molecule has 3 nitrogen and oxygen atoms in total. The molecule has 0 saturated heterocycles. The van der Waals surface area contributed by atoms with Crippen molar-refractivity contribution in [3.63, 3.8) is 0 Å². The monoisotopic (exact) mass is 280 g/mol. The van der Waals surface area contributed by atoms with E-state index in [2.05, 4.69) is 5.32 Å². The van der Waals surface area contributed by atoms with Gasteiger partial charge in [-0.25, -0.2) is 13.2 Å². The van der Waals surface area contributed by atoms with Gasteiger partial charge < -0.3 is 11.1 Å². The Morgan fingerprint density at radius 3 is 2.45 bits per heavy atom.